The van der Waals surface area contributed by atoms with E-state index < -0.39 is 28.5 Å². The molecule has 2 N–H and O–H groups in total. The van der Waals surface area contributed by atoms with Crippen LogP contribution in [0.3, 0.4) is 0 Å². The van der Waals surface area contributed by atoms with Crippen LogP contribution < -0.4 is 9.46 Å². The Morgan fingerprint density at radius 1 is 1.08 bits per heavy atom. The molecule has 3 aromatic carbocycles. The van der Waals surface area contributed by atoms with Gasteiger partial charge < -0.3 is 14.6 Å². The van der Waals surface area contributed by atoms with E-state index in [0.29, 0.717) is 13.0 Å². The molecule has 0 radical (unpaired) electrons. The molecular formula is C27H31N3O7S. The molecule has 202 valence electrons. The predicted octanol–water partition coefficient (Wildman–Crippen LogP) is 2.72. The summed E-state index contributed by atoms with van der Waals surface area (Å²) in [6.45, 7) is 2.30. The molecule has 0 saturated carbocycles. The van der Waals surface area contributed by atoms with Crippen molar-refractivity contribution in [1.29, 1.82) is 0 Å². The first kappa shape index (κ1) is 28.8. The van der Waals surface area contributed by atoms with E-state index >= 15 is 0 Å². The molecule has 11 heteroatoms. The fourth-order valence-corrected chi connectivity index (χ4v) is 5.38. The van der Waals surface area contributed by atoms with Crippen LogP contribution in [0, 0.1) is 0 Å². The number of carboxylic acids is 1. The minimum absolute atomic E-state index is 0.0848. The normalized spacial score (nSPS) is 12.3. The van der Waals surface area contributed by atoms with Crippen molar-refractivity contribution in [3.63, 3.8) is 0 Å². The molecule has 0 aromatic heterocycles. The number of benzene rings is 3. The van der Waals surface area contributed by atoms with Gasteiger partial charge in [-0.2, -0.15) is 0 Å². The molecule has 3 rings (SSSR count). The van der Waals surface area contributed by atoms with Crippen molar-refractivity contribution in [2.24, 2.45) is 0 Å². The number of aldehydes is 1. The van der Waals surface area contributed by atoms with Crippen LogP contribution in [0.25, 0.3) is 10.8 Å². The van der Waals surface area contributed by atoms with Crippen molar-refractivity contribution >= 4 is 39.0 Å². The highest BCUT2D eigenvalue weighted by Crippen LogP contribution is 2.27. The Labute approximate surface area is 221 Å². The molecule has 0 saturated heterocycles. The van der Waals surface area contributed by atoms with Gasteiger partial charge in [0, 0.05) is 32.6 Å². The van der Waals surface area contributed by atoms with E-state index in [1.54, 1.807) is 19.1 Å². The predicted molar refractivity (Wildman–Crippen MR) is 142 cm³/mol. The third-order valence-corrected chi connectivity index (χ3v) is 7.40. The fourth-order valence-electron chi connectivity index (χ4n) is 4.08. The summed E-state index contributed by atoms with van der Waals surface area (Å²) in [4.78, 5) is 35.1. The number of fused-ring (bicyclic) bond motifs is 1. The SMILES string of the molecule is CCN(C(=O)c1ccc(S(=O)(=O)NC(C=O)CC(=O)O)c(OCCc2cccc3ccccc23)c1)N(C)C. The van der Waals surface area contributed by atoms with Crippen LogP contribution in [0.15, 0.2) is 65.6 Å². The van der Waals surface area contributed by atoms with Gasteiger partial charge in [0.25, 0.3) is 5.91 Å². The number of carbonyl (C=O) groups is 3. The summed E-state index contributed by atoms with van der Waals surface area (Å²) in [7, 11) is -0.935. The Kier molecular flexibility index (Phi) is 9.56. The second-order valence-electron chi connectivity index (χ2n) is 8.73. The second kappa shape index (κ2) is 12.6. The zero-order valence-electron chi connectivity index (χ0n) is 21.5. The van der Waals surface area contributed by atoms with E-state index in [1.165, 1.54) is 23.2 Å². The number of aliphatic carboxylic acids is 1. The summed E-state index contributed by atoms with van der Waals surface area (Å²) in [6.07, 6.45) is -0.0348. The standard InChI is InChI=1S/C27H31N3O7S/c1-4-30(29(2)3)27(34)21-12-13-25(38(35,36)28-22(18-31)17-26(32)33)24(16-21)37-15-14-20-10-7-9-19-8-5-6-11-23(19)20/h5-13,16,18,22,28H,4,14-15,17H2,1-3H3,(H,32,33). The van der Waals surface area contributed by atoms with E-state index in [9.17, 15) is 22.8 Å². The molecule has 0 fully saturated rings. The number of ether oxygens (including phenoxy) is 1. The Hall–Kier alpha value is -3.80. The first-order valence-corrected chi connectivity index (χ1v) is 13.5. The van der Waals surface area contributed by atoms with Gasteiger partial charge in [-0.15, -0.1) is 0 Å². The lowest BCUT2D eigenvalue weighted by molar-refractivity contribution is -0.138. The lowest BCUT2D eigenvalue weighted by Crippen LogP contribution is -2.41. The smallest absolute Gasteiger partial charge is 0.305 e. The lowest BCUT2D eigenvalue weighted by Gasteiger charge is -2.27. The Morgan fingerprint density at radius 2 is 1.79 bits per heavy atom. The van der Waals surface area contributed by atoms with Crippen molar-refractivity contribution in [3.05, 3.63) is 71.8 Å². The maximum atomic E-state index is 13.1. The maximum Gasteiger partial charge on any atom is 0.305 e. The van der Waals surface area contributed by atoms with Gasteiger partial charge in [-0.25, -0.2) is 18.1 Å². The molecule has 0 heterocycles. The van der Waals surface area contributed by atoms with Crippen LogP contribution in [0.4, 0.5) is 0 Å². The first-order valence-electron chi connectivity index (χ1n) is 12.0. The average Bonchev–Trinajstić information content (AvgIpc) is 2.88. The zero-order valence-corrected chi connectivity index (χ0v) is 22.3. The van der Waals surface area contributed by atoms with Crippen molar-refractivity contribution < 1.29 is 32.6 Å². The fraction of sp³-hybridized carbons (Fsp3) is 0.296. The Balaban J connectivity index is 1.95. The third-order valence-electron chi connectivity index (χ3n) is 5.87. The van der Waals surface area contributed by atoms with Crippen LogP contribution >= 0.6 is 0 Å². The molecule has 38 heavy (non-hydrogen) atoms. The monoisotopic (exact) mass is 541 g/mol. The molecule has 1 atom stereocenters. The van der Waals surface area contributed by atoms with Gasteiger partial charge in [0.2, 0.25) is 10.0 Å². The summed E-state index contributed by atoms with van der Waals surface area (Å²) in [6, 6.07) is 16.2. The highest BCUT2D eigenvalue weighted by molar-refractivity contribution is 7.89. The van der Waals surface area contributed by atoms with Gasteiger partial charge in [-0.05, 0) is 41.5 Å². The number of hydrogen-bond donors (Lipinski definition) is 2. The van der Waals surface area contributed by atoms with Crippen LogP contribution in [-0.4, -0.2) is 75.0 Å². The molecule has 0 aliphatic heterocycles. The number of hydrazine groups is 1. The van der Waals surface area contributed by atoms with E-state index in [0.717, 1.165) is 16.3 Å². The molecule has 1 unspecified atom stereocenters. The van der Waals surface area contributed by atoms with Gasteiger partial charge in [-0.3, -0.25) is 14.6 Å². The number of hydrogen-bond acceptors (Lipinski definition) is 7. The van der Waals surface area contributed by atoms with Gasteiger partial charge in [-0.1, -0.05) is 42.5 Å². The van der Waals surface area contributed by atoms with Crippen molar-refractivity contribution in [1.82, 2.24) is 14.7 Å². The van der Waals surface area contributed by atoms with Crippen LogP contribution in [0.2, 0.25) is 0 Å². The highest BCUT2D eigenvalue weighted by Gasteiger charge is 2.27. The lowest BCUT2D eigenvalue weighted by atomic mass is 10.0. The Morgan fingerprint density at radius 3 is 2.45 bits per heavy atom. The summed E-state index contributed by atoms with van der Waals surface area (Å²) in [5.41, 5.74) is 1.21. The molecule has 0 aliphatic rings. The molecule has 1 amide bonds. The molecule has 0 bridgehead atoms. The van der Waals surface area contributed by atoms with E-state index in [-0.39, 0.29) is 35.0 Å². The van der Waals surface area contributed by atoms with Crippen LogP contribution in [-0.2, 0) is 26.0 Å². The third kappa shape index (κ3) is 6.94. The minimum atomic E-state index is -4.37. The first-order chi connectivity index (χ1) is 18.1. The number of rotatable bonds is 13. The van der Waals surface area contributed by atoms with Gasteiger partial charge in [0.05, 0.1) is 19.1 Å². The number of carbonyl (C=O) groups excluding carboxylic acids is 2. The van der Waals surface area contributed by atoms with Gasteiger partial charge in [0.1, 0.15) is 16.9 Å². The molecule has 0 spiro atoms. The highest BCUT2D eigenvalue weighted by atomic mass is 32.2. The van der Waals surface area contributed by atoms with E-state index in [2.05, 4.69) is 4.72 Å². The number of carboxylic acid groups (broad SMARTS) is 1. The number of amides is 1. The molecule has 3 aromatic rings. The van der Waals surface area contributed by atoms with Gasteiger partial charge in [0.15, 0.2) is 0 Å². The largest absolute Gasteiger partial charge is 0.492 e. The average molecular weight is 542 g/mol. The number of nitrogens with one attached hydrogen (secondary N) is 1. The zero-order chi connectivity index (χ0) is 27.9. The molecule has 10 nitrogen and oxygen atoms in total. The van der Waals surface area contributed by atoms with Crippen LogP contribution in [0.1, 0.15) is 29.3 Å². The van der Waals surface area contributed by atoms with E-state index in [4.69, 9.17) is 9.84 Å². The topological polar surface area (TPSA) is 133 Å². The number of sulfonamides is 1. The van der Waals surface area contributed by atoms with Gasteiger partial charge >= 0.3 is 5.97 Å². The van der Waals surface area contributed by atoms with Crippen molar-refractivity contribution in [3.8, 4) is 5.75 Å². The maximum absolute atomic E-state index is 13.1. The minimum Gasteiger partial charge on any atom is -0.492 e. The number of nitrogens with zero attached hydrogens (tertiary/aromatic N) is 2. The summed E-state index contributed by atoms with van der Waals surface area (Å²) in [5.74, 6) is -1.77. The summed E-state index contributed by atoms with van der Waals surface area (Å²) in [5, 5.41) is 14.2. The molecule has 0 aliphatic carbocycles. The summed E-state index contributed by atoms with van der Waals surface area (Å²) < 4.78 is 34.3. The van der Waals surface area contributed by atoms with Crippen LogP contribution in [0.5, 0.6) is 5.75 Å². The second-order valence-corrected chi connectivity index (χ2v) is 10.4. The molecular weight excluding hydrogens is 510 g/mol. The summed E-state index contributed by atoms with van der Waals surface area (Å²) >= 11 is 0. The van der Waals surface area contributed by atoms with Crippen molar-refractivity contribution in [2.75, 3.05) is 27.2 Å². The quantitative estimate of drug-likeness (QED) is 0.249. The Bertz CT molecular complexity index is 1420. The van der Waals surface area contributed by atoms with E-state index in [1.807, 2.05) is 49.4 Å². The van der Waals surface area contributed by atoms with Crippen molar-refractivity contribution in [2.45, 2.75) is 30.7 Å².